The van der Waals surface area contributed by atoms with Crippen LogP contribution in [0.1, 0.15) is 49.1 Å². The van der Waals surface area contributed by atoms with Crippen LogP contribution in [0.4, 0.5) is 4.79 Å². The zero-order valence-electron chi connectivity index (χ0n) is 14.3. The first-order valence-electron chi connectivity index (χ1n) is 7.98. The number of H-pyrrole nitrogens is 1. The predicted molar refractivity (Wildman–Crippen MR) is 90.0 cm³/mol. The van der Waals surface area contributed by atoms with E-state index in [1.165, 1.54) is 0 Å². The van der Waals surface area contributed by atoms with E-state index in [1.807, 2.05) is 38.1 Å². The largest absolute Gasteiger partial charge is 0.330 e. The third-order valence-electron chi connectivity index (χ3n) is 3.64. The summed E-state index contributed by atoms with van der Waals surface area (Å²) in [6.07, 6.45) is 2.00. The van der Waals surface area contributed by atoms with Crippen molar-refractivity contribution in [3.8, 4) is 0 Å². The van der Waals surface area contributed by atoms with Gasteiger partial charge < -0.3 is 10.2 Å². The molecule has 0 radical (unpaired) electrons. The van der Waals surface area contributed by atoms with E-state index < -0.39 is 0 Å². The molecule has 0 fully saturated rings. The molecule has 0 aromatic carbocycles. The number of hydrogen-bond donors (Lipinski definition) is 2. The summed E-state index contributed by atoms with van der Waals surface area (Å²) in [5.41, 5.74) is 3.78. The molecule has 0 aliphatic rings. The van der Waals surface area contributed by atoms with Crippen molar-refractivity contribution < 1.29 is 4.79 Å². The maximum Gasteiger partial charge on any atom is 0.318 e. The molecular formula is C17H25N5O. The number of aromatic amines is 1. The molecule has 0 bridgehead atoms. The first-order valence-corrected chi connectivity index (χ1v) is 7.98. The Bertz CT molecular complexity index is 652. The van der Waals surface area contributed by atoms with E-state index in [9.17, 15) is 4.79 Å². The normalized spacial score (nSPS) is 12.0. The van der Waals surface area contributed by atoms with E-state index in [0.717, 1.165) is 35.6 Å². The van der Waals surface area contributed by atoms with Crippen LogP contribution in [-0.2, 0) is 13.0 Å². The Labute approximate surface area is 137 Å². The molecule has 0 unspecified atom stereocenters. The molecule has 2 aromatic rings. The van der Waals surface area contributed by atoms with E-state index in [2.05, 4.69) is 27.4 Å². The number of amides is 2. The molecule has 2 amide bonds. The van der Waals surface area contributed by atoms with Gasteiger partial charge in [-0.15, -0.1) is 0 Å². The Morgan fingerprint density at radius 3 is 2.91 bits per heavy atom. The van der Waals surface area contributed by atoms with Gasteiger partial charge in [0.1, 0.15) is 0 Å². The molecule has 23 heavy (non-hydrogen) atoms. The number of rotatable bonds is 6. The van der Waals surface area contributed by atoms with Crippen LogP contribution in [0.2, 0.25) is 0 Å². The van der Waals surface area contributed by atoms with Crippen molar-refractivity contribution in [2.75, 3.05) is 7.05 Å². The lowest BCUT2D eigenvalue weighted by atomic mass is 10.2. The summed E-state index contributed by atoms with van der Waals surface area (Å²) in [4.78, 5) is 18.4. The maximum absolute atomic E-state index is 12.3. The number of aromatic nitrogens is 3. The van der Waals surface area contributed by atoms with Crippen molar-refractivity contribution in [3.63, 3.8) is 0 Å². The van der Waals surface area contributed by atoms with Gasteiger partial charge in [0, 0.05) is 12.7 Å². The molecule has 2 aromatic heterocycles. The Morgan fingerprint density at radius 2 is 2.22 bits per heavy atom. The van der Waals surface area contributed by atoms with Gasteiger partial charge in [0.15, 0.2) is 0 Å². The Hall–Kier alpha value is -2.37. The van der Waals surface area contributed by atoms with Gasteiger partial charge in [-0.2, -0.15) is 5.10 Å². The molecule has 0 aliphatic heterocycles. The van der Waals surface area contributed by atoms with Gasteiger partial charge in [-0.1, -0.05) is 19.4 Å². The van der Waals surface area contributed by atoms with Crippen LogP contribution >= 0.6 is 0 Å². The van der Waals surface area contributed by atoms with Crippen LogP contribution in [0.15, 0.2) is 24.3 Å². The van der Waals surface area contributed by atoms with Gasteiger partial charge in [-0.3, -0.25) is 10.1 Å². The molecule has 0 aliphatic carbocycles. The first kappa shape index (κ1) is 17.0. The van der Waals surface area contributed by atoms with Crippen molar-refractivity contribution in [3.05, 3.63) is 47.0 Å². The minimum Gasteiger partial charge on any atom is -0.330 e. The van der Waals surface area contributed by atoms with Crippen LogP contribution in [0.25, 0.3) is 0 Å². The predicted octanol–water partition coefficient (Wildman–Crippen LogP) is 2.97. The van der Waals surface area contributed by atoms with Crippen molar-refractivity contribution in [1.29, 1.82) is 0 Å². The third-order valence-corrected chi connectivity index (χ3v) is 3.64. The van der Waals surface area contributed by atoms with Gasteiger partial charge in [0.25, 0.3) is 0 Å². The summed E-state index contributed by atoms with van der Waals surface area (Å²) in [6.45, 7) is 6.49. The standard InChI is InChI=1S/C17H25N5O/c1-5-7-14-10-15(21-20-14)11-22(4)17(23)19-13(3)16-9-6-8-12(2)18-16/h6,8-10,13H,5,7,11H2,1-4H3,(H,19,23)(H,20,21)/t13-/m1/s1. The molecular weight excluding hydrogens is 290 g/mol. The second-order valence-corrected chi connectivity index (χ2v) is 5.87. The Morgan fingerprint density at radius 1 is 1.43 bits per heavy atom. The molecule has 124 valence electrons. The number of nitrogens with one attached hydrogen (secondary N) is 2. The van der Waals surface area contributed by atoms with Crippen molar-refractivity contribution in [2.45, 2.75) is 46.2 Å². The highest BCUT2D eigenvalue weighted by molar-refractivity contribution is 5.74. The van der Waals surface area contributed by atoms with E-state index in [0.29, 0.717) is 6.54 Å². The lowest BCUT2D eigenvalue weighted by Crippen LogP contribution is -2.38. The second kappa shape index (κ2) is 7.76. The van der Waals surface area contributed by atoms with Crippen molar-refractivity contribution in [1.82, 2.24) is 25.4 Å². The third kappa shape index (κ3) is 4.81. The molecule has 2 N–H and O–H groups in total. The van der Waals surface area contributed by atoms with E-state index in [4.69, 9.17) is 0 Å². The van der Waals surface area contributed by atoms with Crippen LogP contribution < -0.4 is 5.32 Å². The zero-order chi connectivity index (χ0) is 16.8. The Balaban J connectivity index is 1.91. The number of hydrogen-bond acceptors (Lipinski definition) is 3. The SMILES string of the molecule is CCCc1cc(CN(C)C(=O)N[C@H](C)c2cccc(C)n2)[nH]n1. The number of carbonyl (C=O) groups excluding carboxylic acids is 1. The zero-order valence-corrected chi connectivity index (χ0v) is 14.3. The van der Waals surface area contributed by atoms with Gasteiger partial charge in [0.05, 0.1) is 29.7 Å². The average Bonchev–Trinajstić information content (AvgIpc) is 2.94. The number of pyridine rings is 1. The lowest BCUT2D eigenvalue weighted by molar-refractivity contribution is 0.203. The fraction of sp³-hybridized carbons (Fsp3) is 0.471. The molecule has 2 heterocycles. The summed E-state index contributed by atoms with van der Waals surface area (Å²) >= 11 is 0. The average molecular weight is 315 g/mol. The van der Waals surface area contributed by atoms with Gasteiger partial charge in [-0.05, 0) is 38.5 Å². The van der Waals surface area contributed by atoms with Crippen LogP contribution in [-0.4, -0.2) is 33.2 Å². The quantitative estimate of drug-likeness (QED) is 0.860. The number of urea groups is 1. The number of carbonyl (C=O) groups is 1. The fourth-order valence-corrected chi connectivity index (χ4v) is 2.38. The first-order chi connectivity index (χ1) is 11.0. The minimum atomic E-state index is -0.137. The summed E-state index contributed by atoms with van der Waals surface area (Å²) in [5.74, 6) is 0. The highest BCUT2D eigenvalue weighted by Crippen LogP contribution is 2.11. The van der Waals surface area contributed by atoms with Gasteiger partial charge in [-0.25, -0.2) is 4.79 Å². The monoisotopic (exact) mass is 315 g/mol. The molecule has 0 saturated carbocycles. The molecule has 6 heteroatoms. The maximum atomic E-state index is 12.3. The molecule has 0 saturated heterocycles. The second-order valence-electron chi connectivity index (χ2n) is 5.87. The van der Waals surface area contributed by atoms with Crippen molar-refractivity contribution >= 4 is 6.03 Å². The summed E-state index contributed by atoms with van der Waals surface area (Å²) < 4.78 is 0. The van der Waals surface area contributed by atoms with Crippen LogP contribution in [0.5, 0.6) is 0 Å². The lowest BCUT2D eigenvalue weighted by Gasteiger charge is -2.20. The topological polar surface area (TPSA) is 73.9 Å². The van der Waals surface area contributed by atoms with Crippen molar-refractivity contribution in [2.24, 2.45) is 0 Å². The summed E-state index contributed by atoms with van der Waals surface area (Å²) in [6, 6.07) is 7.55. The molecule has 0 spiro atoms. The minimum absolute atomic E-state index is 0.132. The van der Waals surface area contributed by atoms with Crippen LogP contribution in [0, 0.1) is 6.92 Å². The van der Waals surface area contributed by atoms with E-state index >= 15 is 0 Å². The Kier molecular flexibility index (Phi) is 5.73. The molecule has 6 nitrogen and oxygen atoms in total. The summed E-state index contributed by atoms with van der Waals surface area (Å²) in [7, 11) is 1.77. The highest BCUT2D eigenvalue weighted by atomic mass is 16.2. The summed E-state index contributed by atoms with van der Waals surface area (Å²) in [5, 5.41) is 10.2. The van der Waals surface area contributed by atoms with Crippen LogP contribution in [0.3, 0.4) is 0 Å². The smallest absolute Gasteiger partial charge is 0.318 e. The highest BCUT2D eigenvalue weighted by Gasteiger charge is 2.15. The van der Waals surface area contributed by atoms with E-state index in [1.54, 1.807) is 11.9 Å². The molecule has 1 atom stereocenters. The van der Waals surface area contributed by atoms with Gasteiger partial charge in [0.2, 0.25) is 0 Å². The molecule has 2 rings (SSSR count). The van der Waals surface area contributed by atoms with Gasteiger partial charge >= 0.3 is 6.03 Å². The fourth-order valence-electron chi connectivity index (χ4n) is 2.38. The number of aryl methyl sites for hydroxylation is 2. The number of nitrogens with zero attached hydrogens (tertiary/aromatic N) is 3. The van der Waals surface area contributed by atoms with E-state index in [-0.39, 0.29) is 12.1 Å².